The van der Waals surface area contributed by atoms with Gasteiger partial charge in [-0.25, -0.2) is 15.0 Å². The van der Waals surface area contributed by atoms with Crippen LogP contribution in [-0.4, -0.2) is 32.4 Å². The first-order chi connectivity index (χ1) is 14.5. The second kappa shape index (κ2) is 9.57. The summed E-state index contributed by atoms with van der Waals surface area (Å²) in [6.07, 6.45) is 3.79. The Morgan fingerprint density at radius 2 is 1.81 bits per heavy atom. The Morgan fingerprint density at radius 1 is 1.06 bits per heavy atom. The molecule has 3 N–H and O–H groups in total. The number of anilines is 2. The summed E-state index contributed by atoms with van der Waals surface area (Å²) >= 11 is 0. The minimum absolute atomic E-state index is 0. The van der Waals surface area contributed by atoms with Gasteiger partial charge >= 0.3 is 0 Å². The Kier molecular flexibility index (Phi) is 6.87. The van der Waals surface area contributed by atoms with Gasteiger partial charge in [0.25, 0.3) is 5.91 Å². The Labute approximate surface area is 187 Å². The summed E-state index contributed by atoms with van der Waals surface area (Å²) in [6, 6.07) is 12.1. The molecule has 0 saturated heterocycles. The number of fused-ring (bicyclic) bond motifs is 1. The molecular weight excluding hydrogens is 412 g/mol. The van der Waals surface area contributed by atoms with Crippen LogP contribution in [0.25, 0.3) is 10.9 Å². The molecule has 0 radical (unpaired) electrons. The van der Waals surface area contributed by atoms with Crippen LogP contribution in [0.3, 0.4) is 0 Å². The maximum atomic E-state index is 12.4. The van der Waals surface area contributed by atoms with Gasteiger partial charge in [0, 0.05) is 41.2 Å². The molecule has 1 aromatic carbocycles. The molecule has 31 heavy (non-hydrogen) atoms. The molecule has 0 aliphatic heterocycles. The van der Waals surface area contributed by atoms with Gasteiger partial charge in [-0.1, -0.05) is 18.2 Å². The Balaban J connectivity index is 0.00000272. The zero-order chi connectivity index (χ0) is 21.1. The van der Waals surface area contributed by atoms with Crippen LogP contribution < -0.4 is 10.6 Å². The molecule has 0 aliphatic carbocycles. The fourth-order valence-electron chi connectivity index (χ4n) is 3.59. The van der Waals surface area contributed by atoms with Gasteiger partial charge in [0.15, 0.2) is 0 Å². The predicted octanol–water partition coefficient (Wildman–Crippen LogP) is 4.42. The van der Waals surface area contributed by atoms with Crippen LogP contribution >= 0.6 is 12.4 Å². The summed E-state index contributed by atoms with van der Waals surface area (Å²) in [6.45, 7) is 6.53. The molecule has 4 aromatic rings. The number of carbonyl (C=O) groups excluding carboxylic acids is 1. The van der Waals surface area contributed by atoms with Crippen LogP contribution in [0, 0.1) is 20.8 Å². The van der Waals surface area contributed by atoms with Gasteiger partial charge in [0.05, 0.1) is 5.56 Å². The molecule has 0 saturated carbocycles. The average Bonchev–Trinajstić information content (AvgIpc) is 3.03. The Bertz CT molecular complexity index is 1180. The highest BCUT2D eigenvalue weighted by Crippen LogP contribution is 2.22. The Hall–Kier alpha value is -3.45. The smallest absolute Gasteiger partial charge is 0.254 e. The minimum atomic E-state index is -0.191. The van der Waals surface area contributed by atoms with Crippen molar-refractivity contribution in [3.05, 3.63) is 76.9 Å². The van der Waals surface area contributed by atoms with Crippen LogP contribution in [0.1, 0.15) is 32.9 Å². The van der Waals surface area contributed by atoms with E-state index in [0.717, 1.165) is 28.9 Å². The number of aryl methyl sites for hydroxylation is 3. The van der Waals surface area contributed by atoms with Crippen molar-refractivity contribution >= 4 is 41.0 Å². The number of benzene rings is 1. The lowest BCUT2D eigenvalue weighted by Crippen LogP contribution is -2.26. The first-order valence-electron chi connectivity index (χ1n) is 9.88. The highest BCUT2D eigenvalue weighted by molar-refractivity contribution is 5.93. The molecular formula is C23H25ClN6O. The molecule has 0 atom stereocenters. The second-order valence-electron chi connectivity index (χ2n) is 7.37. The molecule has 0 unspecified atom stereocenters. The van der Waals surface area contributed by atoms with Gasteiger partial charge < -0.3 is 15.6 Å². The molecule has 7 nitrogen and oxygen atoms in total. The van der Waals surface area contributed by atoms with Crippen LogP contribution in [0.4, 0.5) is 11.8 Å². The van der Waals surface area contributed by atoms with Crippen LogP contribution in [0.2, 0.25) is 0 Å². The van der Waals surface area contributed by atoms with Crippen molar-refractivity contribution < 1.29 is 4.79 Å². The second-order valence-corrected chi connectivity index (χ2v) is 7.37. The van der Waals surface area contributed by atoms with Crippen LogP contribution in [0.15, 0.2) is 48.8 Å². The van der Waals surface area contributed by atoms with E-state index in [-0.39, 0.29) is 18.3 Å². The summed E-state index contributed by atoms with van der Waals surface area (Å²) in [5.41, 5.74) is 5.91. The number of H-pyrrole nitrogens is 1. The van der Waals surface area contributed by atoms with E-state index in [1.165, 1.54) is 23.3 Å². The molecule has 1 amide bonds. The Morgan fingerprint density at radius 3 is 2.55 bits per heavy atom. The number of nitrogens with one attached hydrogen (secondary N) is 3. The first-order valence-corrected chi connectivity index (χ1v) is 9.88. The third-order valence-electron chi connectivity index (χ3n) is 4.94. The molecule has 8 heteroatoms. The number of halogens is 1. The van der Waals surface area contributed by atoms with E-state index in [2.05, 4.69) is 49.6 Å². The highest BCUT2D eigenvalue weighted by atomic mass is 35.5. The lowest BCUT2D eigenvalue weighted by Gasteiger charge is -2.08. The number of pyridine rings is 1. The molecule has 0 aliphatic rings. The van der Waals surface area contributed by atoms with Gasteiger partial charge in [0.2, 0.25) is 5.95 Å². The third-order valence-corrected chi connectivity index (χ3v) is 4.94. The fourth-order valence-corrected chi connectivity index (χ4v) is 3.59. The van der Waals surface area contributed by atoms with Gasteiger partial charge in [-0.3, -0.25) is 4.79 Å². The van der Waals surface area contributed by atoms with Crippen molar-refractivity contribution in [2.45, 2.75) is 27.2 Å². The lowest BCUT2D eigenvalue weighted by molar-refractivity contribution is 0.0953. The minimum Gasteiger partial charge on any atom is -0.358 e. The molecule has 3 heterocycles. The van der Waals surface area contributed by atoms with Crippen molar-refractivity contribution in [3.8, 4) is 0 Å². The third kappa shape index (κ3) is 5.19. The summed E-state index contributed by atoms with van der Waals surface area (Å²) in [4.78, 5) is 28.7. The van der Waals surface area contributed by atoms with Gasteiger partial charge in [0.1, 0.15) is 5.82 Å². The van der Waals surface area contributed by atoms with E-state index in [4.69, 9.17) is 0 Å². The first kappa shape index (κ1) is 22.2. The number of aromatic amines is 1. The average molecular weight is 437 g/mol. The fraction of sp³-hybridized carbons (Fsp3) is 0.217. The quantitative estimate of drug-likeness (QED) is 0.416. The molecule has 160 valence electrons. The van der Waals surface area contributed by atoms with Gasteiger partial charge in [-0.05, 0) is 56.5 Å². The molecule has 3 aromatic heterocycles. The van der Waals surface area contributed by atoms with E-state index in [9.17, 15) is 4.79 Å². The molecule has 0 bridgehead atoms. The van der Waals surface area contributed by atoms with Crippen LogP contribution in [-0.2, 0) is 6.42 Å². The van der Waals surface area contributed by atoms with Crippen molar-refractivity contribution in [2.24, 2.45) is 0 Å². The number of amides is 1. The number of hydrogen-bond acceptors (Lipinski definition) is 5. The zero-order valence-corrected chi connectivity index (χ0v) is 18.5. The summed E-state index contributed by atoms with van der Waals surface area (Å²) in [5, 5.41) is 7.21. The largest absolute Gasteiger partial charge is 0.358 e. The number of aromatic nitrogens is 4. The van der Waals surface area contributed by atoms with E-state index >= 15 is 0 Å². The number of rotatable bonds is 6. The highest BCUT2D eigenvalue weighted by Gasteiger charge is 2.10. The zero-order valence-electron chi connectivity index (χ0n) is 17.7. The summed E-state index contributed by atoms with van der Waals surface area (Å²) in [5.74, 6) is 0.890. The van der Waals surface area contributed by atoms with E-state index < -0.39 is 0 Å². The monoisotopic (exact) mass is 436 g/mol. The van der Waals surface area contributed by atoms with E-state index in [1.807, 2.05) is 38.1 Å². The van der Waals surface area contributed by atoms with E-state index in [1.54, 1.807) is 0 Å². The van der Waals surface area contributed by atoms with Gasteiger partial charge in [-0.15, -0.1) is 12.4 Å². The van der Waals surface area contributed by atoms with Crippen molar-refractivity contribution in [1.82, 2.24) is 25.3 Å². The maximum Gasteiger partial charge on any atom is 0.254 e. The standard InChI is InChI=1S/C23H24N6O.ClH/c1-14-10-15(2)27-21(11-14)29-23-25-12-17(13-26-23)22(30)24-9-8-18-16(3)28-20-7-5-4-6-19(18)20;/h4-7,10-13,28H,8-9H2,1-3H3,(H,24,30)(H,25,26,27,29);1H. The topological polar surface area (TPSA) is 95.6 Å². The van der Waals surface area contributed by atoms with Crippen molar-refractivity contribution in [1.29, 1.82) is 0 Å². The molecule has 4 rings (SSSR count). The summed E-state index contributed by atoms with van der Waals surface area (Å²) < 4.78 is 0. The number of carbonyl (C=O) groups is 1. The molecule has 0 fully saturated rings. The number of nitrogens with zero attached hydrogens (tertiary/aromatic N) is 3. The number of hydrogen-bond donors (Lipinski definition) is 3. The predicted molar refractivity (Wildman–Crippen MR) is 125 cm³/mol. The van der Waals surface area contributed by atoms with Gasteiger partial charge in [-0.2, -0.15) is 0 Å². The van der Waals surface area contributed by atoms with E-state index in [0.29, 0.717) is 23.9 Å². The van der Waals surface area contributed by atoms with Crippen molar-refractivity contribution in [2.75, 3.05) is 11.9 Å². The normalized spacial score (nSPS) is 10.5. The van der Waals surface area contributed by atoms with Crippen LogP contribution in [0.5, 0.6) is 0 Å². The number of para-hydroxylation sites is 1. The summed E-state index contributed by atoms with van der Waals surface area (Å²) in [7, 11) is 0. The van der Waals surface area contributed by atoms with Crippen molar-refractivity contribution in [3.63, 3.8) is 0 Å². The SMILES string of the molecule is Cc1cc(C)nc(Nc2ncc(C(=O)NCCc3c(C)[nH]c4ccccc34)cn2)c1.Cl. The maximum absolute atomic E-state index is 12.4. The lowest BCUT2D eigenvalue weighted by atomic mass is 10.1. The molecule has 0 spiro atoms.